The number of halogens is 4. The fourth-order valence-electron chi connectivity index (χ4n) is 1.34. The van der Waals surface area contributed by atoms with E-state index in [1.165, 1.54) is 0 Å². The average molecular weight is 298 g/mol. The van der Waals surface area contributed by atoms with Crippen molar-refractivity contribution in [3.8, 4) is 0 Å². The standard InChI is InChI=1S/C10H7ClF3NO4/c11-6-1-4(10(12,13)14)3-15-8(6)5(9(18)19)2-7(16)17/h1,3,5H,2H2,(H,16,17)(H,18,19)/t5-/m0/s1. The lowest BCUT2D eigenvalue weighted by Gasteiger charge is -2.13. The van der Waals surface area contributed by atoms with Crippen molar-refractivity contribution >= 4 is 23.5 Å². The topological polar surface area (TPSA) is 87.5 Å². The van der Waals surface area contributed by atoms with E-state index in [2.05, 4.69) is 4.98 Å². The summed E-state index contributed by atoms with van der Waals surface area (Å²) in [6.07, 6.45) is -5.08. The molecule has 104 valence electrons. The zero-order valence-electron chi connectivity index (χ0n) is 9.11. The summed E-state index contributed by atoms with van der Waals surface area (Å²) in [6, 6.07) is 0.516. The van der Waals surface area contributed by atoms with Crippen molar-refractivity contribution < 1.29 is 33.0 Å². The molecule has 1 atom stereocenters. The summed E-state index contributed by atoms with van der Waals surface area (Å²) < 4.78 is 37.1. The molecule has 0 unspecified atom stereocenters. The van der Waals surface area contributed by atoms with E-state index >= 15 is 0 Å². The second-order valence-electron chi connectivity index (χ2n) is 3.58. The number of carboxylic acid groups (broad SMARTS) is 2. The normalized spacial score (nSPS) is 13.1. The Morgan fingerprint density at radius 2 is 1.95 bits per heavy atom. The van der Waals surface area contributed by atoms with Crippen LogP contribution in [-0.2, 0) is 15.8 Å². The minimum Gasteiger partial charge on any atom is -0.481 e. The molecule has 0 bridgehead atoms. The van der Waals surface area contributed by atoms with Gasteiger partial charge in [-0.3, -0.25) is 14.6 Å². The molecule has 0 fully saturated rings. The van der Waals surface area contributed by atoms with Crippen LogP contribution in [0.2, 0.25) is 5.02 Å². The van der Waals surface area contributed by atoms with Crippen LogP contribution in [0.3, 0.4) is 0 Å². The predicted molar refractivity (Wildman–Crippen MR) is 56.9 cm³/mol. The SMILES string of the molecule is O=C(O)C[C@H](C(=O)O)c1ncc(C(F)(F)F)cc1Cl. The number of rotatable bonds is 4. The van der Waals surface area contributed by atoms with E-state index in [9.17, 15) is 22.8 Å². The van der Waals surface area contributed by atoms with Gasteiger partial charge in [-0.15, -0.1) is 0 Å². The maximum atomic E-state index is 12.4. The largest absolute Gasteiger partial charge is 0.481 e. The van der Waals surface area contributed by atoms with E-state index in [1.807, 2.05) is 0 Å². The minimum atomic E-state index is -4.67. The van der Waals surface area contributed by atoms with Crippen LogP contribution in [0.4, 0.5) is 13.2 Å². The van der Waals surface area contributed by atoms with E-state index in [1.54, 1.807) is 0 Å². The Balaban J connectivity index is 3.19. The Kier molecular flexibility index (Phi) is 4.35. The van der Waals surface area contributed by atoms with Crippen LogP contribution in [0.1, 0.15) is 23.6 Å². The summed E-state index contributed by atoms with van der Waals surface area (Å²) in [5.74, 6) is -4.56. The predicted octanol–water partition coefficient (Wildman–Crippen LogP) is 2.40. The lowest BCUT2D eigenvalue weighted by Crippen LogP contribution is -2.18. The van der Waals surface area contributed by atoms with Gasteiger partial charge in [0.25, 0.3) is 0 Å². The summed E-state index contributed by atoms with van der Waals surface area (Å²) in [6.45, 7) is 0. The molecular formula is C10H7ClF3NO4. The first-order valence-electron chi connectivity index (χ1n) is 4.80. The van der Waals surface area contributed by atoms with Crippen LogP contribution in [-0.4, -0.2) is 27.1 Å². The van der Waals surface area contributed by atoms with Gasteiger partial charge in [0.05, 0.1) is 22.7 Å². The Morgan fingerprint density at radius 3 is 2.32 bits per heavy atom. The van der Waals surface area contributed by atoms with Gasteiger partial charge < -0.3 is 10.2 Å². The Morgan fingerprint density at radius 1 is 1.37 bits per heavy atom. The van der Waals surface area contributed by atoms with E-state index in [-0.39, 0.29) is 0 Å². The van der Waals surface area contributed by atoms with Gasteiger partial charge in [0.15, 0.2) is 0 Å². The monoisotopic (exact) mass is 297 g/mol. The van der Waals surface area contributed by atoms with Crippen molar-refractivity contribution in [1.82, 2.24) is 4.98 Å². The van der Waals surface area contributed by atoms with Crippen LogP contribution < -0.4 is 0 Å². The van der Waals surface area contributed by atoms with Gasteiger partial charge in [-0.2, -0.15) is 13.2 Å². The zero-order valence-corrected chi connectivity index (χ0v) is 9.87. The molecule has 0 radical (unpaired) electrons. The molecule has 0 saturated heterocycles. The zero-order chi connectivity index (χ0) is 14.8. The van der Waals surface area contributed by atoms with Crippen LogP contribution in [0.15, 0.2) is 12.3 Å². The third kappa shape index (κ3) is 3.82. The van der Waals surface area contributed by atoms with Gasteiger partial charge >= 0.3 is 18.1 Å². The molecule has 0 aliphatic rings. The van der Waals surface area contributed by atoms with Gasteiger partial charge in [0.2, 0.25) is 0 Å². The number of nitrogens with zero attached hydrogens (tertiary/aromatic N) is 1. The van der Waals surface area contributed by atoms with Gasteiger partial charge in [-0.1, -0.05) is 11.6 Å². The summed E-state index contributed by atoms with van der Waals surface area (Å²) in [4.78, 5) is 24.7. The molecule has 1 heterocycles. The molecule has 1 aromatic rings. The highest BCUT2D eigenvalue weighted by atomic mass is 35.5. The molecule has 1 rings (SSSR count). The van der Waals surface area contributed by atoms with Crippen molar-refractivity contribution in [3.63, 3.8) is 0 Å². The summed E-state index contributed by atoms with van der Waals surface area (Å²) in [7, 11) is 0. The third-order valence-corrected chi connectivity index (χ3v) is 2.51. The maximum Gasteiger partial charge on any atom is 0.417 e. The highest BCUT2D eigenvalue weighted by Gasteiger charge is 2.33. The van der Waals surface area contributed by atoms with Crippen LogP contribution in [0, 0.1) is 0 Å². The number of pyridine rings is 1. The Bertz CT molecular complexity index is 518. The quantitative estimate of drug-likeness (QED) is 0.891. The molecule has 0 amide bonds. The number of alkyl halides is 3. The van der Waals surface area contributed by atoms with E-state index in [0.29, 0.717) is 12.3 Å². The van der Waals surface area contributed by atoms with Crippen LogP contribution >= 0.6 is 11.6 Å². The number of aromatic nitrogens is 1. The summed E-state index contributed by atoms with van der Waals surface area (Å²) >= 11 is 5.54. The lowest BCUT2D eigenvalue weighted by atomic mass is 10.0. The third-order valence-electron chi connectivity index (χ3n) is 2.20. The average Bonchev–Trinajstić information content (AvgIpc) is 2.24. The van der Waals surface area contributed by atoms with Gasteiger partial charge in [0.1, 0.15) is 5.92 Å². The van der Waals surface area contributed by atoms with E-state index in [0.717, 1.165) is 0 Å². The van der Waals surface area contributed by atoms with Crippen molar-refractivity contribution in [3.05, 3.63) is 28.5 Å². The Hall–Kier alpha value is -1.83. The minimum absolute atomic E-state index is 0.412. The number of carbonyl (C=O) groups is 2. The van der Waals surface area contributed by atoms with Gasteiger partial charge in [0, 0.05) is 6.20 Å². The first kappa shape index (κ1) is 15.2. The van der Waals surface area contributed by atoms with Crippen molar-refractivity contribution in [2.24, 2.45) is 0 Å². The number of aliphatic carboxylic acids is 2. The van der Waals surface area contributed by atoms with Crippen LogP contribution in [0.5, 0.6) is 0 Å². The Labute approximate surface area is 109 Å². The molecule has 0 spiro atoms. The molecule has 0 saturated carbocycles. The smallest absolute Gasteiger partial charge is 0.417 e. The molecule has 0 aliphatic heterocycles. The molecular weight excluding hydrogens is 291 g/mol. The van der Waals surface area contributed by atoms with E-state index < -0.39 is 46.7 Å². The van der Waals surface area contributed by atoms with E-state index in [4.69, 9.17) is 21.8 Å². The summed E-state index contributed by atoms with van der Waals surface area (Å²) in [5.41, 5.74) is -1.55. The maximum absolute atomic E-state index is 12.4. The molecule has 0 aromatic carbocycles. The molecule has 0 aliphatic carbocycles. The lowest BCUT2D eigenvalue weighted by molar-refractivity contribution is -0.145. The van der Waals surface area contributed by atoms with Gasteiger partial charge in [-0.25, -0.2) is 0 Å². The second-order valence-corrected chi connectivity index (χ2v) is 3.98. The highest BCUT2D eigenvalue weighted by molar-refractivity contribution is 6.31. The van der Waals surface area contributed by atoms with Crippen molar-refractivity contribution in [2.75, 3.05) is 0 Å². The molecule has 9 heteroatoms. The highest BCUT2D eigenvalue weighted by Crippen LogP contribution is 2.33. The molecule has 1 aromatic heterocycles. The fourth-order valence-corrected chi connectivity index (χ4v) is 1.63. The first-order valence-corrected chi connectivity index (χ1v) is 5.18. The van der Waals surface area contributed by atoms with Crippen molar-refractivity contribution in [2.45, 2.75) is 18.5 Å². The number of hydrogen-bond acceptors (Lipinski definition) is 3. The molecule has 19 heavy (non-hydrogen) atoms. The van der Waals surface area contributed by atoms with Crippen LogP contribution in [0.25, 0.3) is 0 Å². The van der Waals surface area contributed by atoms with Gasteiger partial charge in [-0.05, 0) is 6.07 Å². The summed E-state index contributed by atoms with van der Waals surface area (Å²) in [5, 5.41) is 16.9. The molecule has 5 nitrogen and oxygen atoms in total. The number of hydrogen-bond donors (Lipinski definition) is 2. The first-order chi connectivity index (χ1) is 8.62. The fraction of sp³-hybridized carbons (Fsp3) is 0.300. The second kappa shape index (κ2) is 5.43. The number of carboxylic acids is 2. The molecule has 2 N–H and O–H groups in total. The van der Waals surface area contributed by atoms with Crippen molar-refractivity contribution in [1.29, 1.82) is 0 Å².